The lowest BCUT2D eigenvalue weighted by Gasteiger charge is -2.18. The highest BCUT2D eigenvalue weighted by atomic mass is 32.2. The molecule has 95 heavy (non-hydrogen) atoms. The molecule has 6 heterocycles. The van der Waals surface area contributed by atoms with Crippen molar-refractivity contribution in [3.05, 3.63) is 111 Å². The minimum Gasteiger partial charge on any atom is -0.404 e. The first kappa shape index (κ1) is 78.4. The van der Waals surface area contributed by atoms with Gasteiger partial charge in [-0.25, -0.2) is 55.8 Å². The number of amides is 10. The van der Waals surface area contributed by atoms with Crippen molar-refractivity contribution in [1.82, 2.24) is 107 Å². The van der Waals surface area contributed by atoms with E-state index < -0.39 is 29.9 Å². The van der Waals surface area contributed by atoms with E-state index in [4.69, 9.17) is 79.3 Å². The first-order valence-electron chi connectivity index (χ1n) is 25.2. The number of tetrazole rings is 1. The van der Waals surface area contributed by atoms with Gasteiger partial charge in [-0.2, -0.15) is 15.4 Å². The standard InChI is InChI=1S/C16H15N7O3S.C9H9N5O2S.C7H12N4O2S2.C5H7N3O2S3.C4H5N3O3S2.C3H4N4O2S2/c1-22(26)15(25)18-11-5-2-4-10(8-11)14(24)17-12-6-3-7-13(9-12)23-16(27)19-20-21-23;15-8(13-16)11-6-2-1-3-7(4-6)14-5-10-12-9(14)17;1-4(2)11(13)5(12)3-8-6-9-10-7(14)15-6;1-8(10)3(9)2-12-5-7-6-4(11)13-5;8-2(7-9)1-12-4-6-5-3(11)10-4;8-1(7-9)4-2-5-6-3(10)11-2/h2-9,26H,1H3,(H,17,24)(H,18,25)(H,19,21,27);1-5,16H,(H,12,17)(H2,11,13,15);4,13H,3H2,1-2H3,(H,8,9)(H,10,14);10H,2H2,1H3,(H,6,11);9H,1H2,(H,5,11)(H,7,8);9H,(H,6,10)(H2,4,5,7,8). The van der Waals surface area contributed by atoms with Crippen molar-refractivity contribution in [1.29, 1.82) is 0 Å². The summed E-state index contributed by atoms with van der Waals surface area (Å²) in [6, 6.07) is 17.8. The third-order valence-corrected chi connectivity index (χ3v) is 15.7. The molecule has 0 saturated heterocycles. The lowest BCUT2D eigenvalue weighted by molar-refractivity contribution is -0.170. The molecular weight excluding hydrogens is 1470 g/mol. The molecular formula is C44H52N26O14S11. The monoisotopic (exact) mass is 1520 g/mol. The smallest absolute Gasteiger partial charge is 0.345 e. The van der Waals surface area contributed by atoms with Gasteiger partial charge in [0.05, 0.1) is 35.5 Å². The highest BCUT2D eigenvalue weighted by Gasteiger charge is 2.15. The topological polar surface area (TPSA) is 555 Å². The Kier molecular flexibility index (Phi) is 33.8. The summed E-state index contributed by atoms with van der Waals surface area (Å²) in [5.74, 6) is -1.49. The van der Waals surface area contributed by atoms with Gasteiger partial charge in [-0.05, 0) is 142 Å². The Hall–Kier alpha value is -9.04. The molecule has 0 spiro atoms. The van der Waals surface area contributed by atoms with Crippen LogP contribution in [0.3, 0.4) is 0 Å². The number of hydroxylamine groups is 9. The highest BCUT2D eigenvalue weighted by Crippen LogP contribution is 2.21. The van der Waals surface area contributed by atoms with E-state index in [2.05, 4.69) is 118 Å². The number of H-pyrrole nitrogens is 6. The van der Waals surface area contributed by atoms with Gasteiger partial charge in [-0.3, -0.25) is 80.7 Å². The van der Waals surface area contributed by atoms with Crippen LogP contribution in [0.15, 0.2) is 93.1 Å². The molecule has 0 atom stereocenters. The van der Waals surface area contributed by atoms with Crippen LogP contribution in [0.5, 0.6) is 0 Å². The first-order chi connectivity index (χ1) is 45.2. The average molecular weight is 1520 g/mol. The number of nitrogens with one attached hydrogen (secondary N) is 14. The predicted molar refractivity (Wildman–Crippen MR) is 358 cm³/mol. The highest BCUT2D eigenvalue weighted by molar-refractivity contribution is 8.01. The first-order valence-corrected chi connectivity index (χ1v) is 32.1. The number of urea groups is 3. The fourth-order valence-corrected chi connectivity index (χ4v) is 10.4. The second kappa shape index (κ2) is 40.9. The lowest BCUT2D eigenvalue weighted by atomic mass is 10.2. The van der Waals surface area contributed by atoms with Gasteiger partial charge in [0.1, 0.15) is 6.33 Å². The Morgan fingerprint density at radius 2 is 1.23 bits per heavy atom. The molecule has 0 saturated carbocycles. The number of benzene rings is 3. The van der Waals surface area contributed by atoms with E-state index >= 15 is 0 Å². The Morgan fingerprint density at radius 3 is 1.76 bits per heavy atom. The normalized spacial score (nSPS) is 10.0. The average Bonchev–Trinajstić information content (AvgIpc) is 1.91. The van der Waals surface area contributed by atoms with E-state index in [1.165, 1.54) is 82.0 Å². The molecule has 0 bridgehead atoms. The van der Waals surface area contributed by atoms with Crippen molar-refractivity contribution >= 4 is 200 Å². The van der Waals surface area contributed by atoms with Crippen LogP contribution in [0, 0.1) is 26.2 Å². The van der Waals surface area contributed by atoms with Gasteiger partial charge in [0.25, 0.3) is 33.7 Å². The van der Waals surface area contributed by atoms with Gasteiger partial charge in [0.15, 0.2) is 21.0 Å². The van der Waals surface area contributed by atoms with Crippen molar-refractivity contribution < 1.29 is 69.2 Å². The van der Waals surface area contributed by atoms with Crippen molar-refractivity contribution in [2.24, 2.45) is 0 Å². The molecule has 0 unspecified atom stereocenters. The molecule has 20 N–H and O–H groups in total. The lowest BCUT2D eigenvalue weighted by Crippen LogP contribution is -2.37. The zero-order valence-electron chi connectivity index (χ0n) is 48.5. The maximum atomic E-state index is 12.5. The summed E-state index contributed by atoms with van der Waals surface area (Å²) < 4.78 is 10.9. The minimum absolute atomic E-state index is 0.00912. The maximum absolute atomic E-state index is 12.5. The molecule has 9 rings (SSSR count). The molecule has 40 nitrogen and oxygen atoms in total. The summed E-state index contributed by atoms with van der Waals surface area (Å²) in [6.45, 7) is 3.43. The van der Waals surface area contributed by atoms with Crippen LogP contribution in [-0.4, -0.2) is 202 Å². The number of rotatable bonds is 17. The van der Waals surface area contributed by atoms with Crippen LogP contribution < -0.4 is 43.0 Å². The predicted octanol–water partition coefficient (Wildman–Crippen LogP) is 7.29. The minimum atomic E-state index is -0.747. The Labute approximate surface area is 582 Å². The van der Waals surface area contributed by atoms with Gasteiger partial charge in [-0.1, -0.05) is 86.0 Å². The summed E-state index contributed by atoms with van der Waals surface area (Å²) in [7, 11) is 2.48. The quantitative estimate of drug-likeness (QED) is 0.0184. The van der Waals surface area contributed by atoms with E-state index in [0.717, 1.165) is 28.8 Å². The van der Waals surface area contributed by atoms with Crippen molar-refractivity contribution in [3.63, 3.8) is 0 Å². The van der Waals surface area contributed by atoms with Crippen LogP contribution in [0.25, 0.3) is 11.4 Å². The van der Waals surface area contributed by atoms with Gasteiger partial charge in [0, 0.05) is 36.7 Å². The third kappa shape index (κ3) is 29.0. The van der Waals surface area contributed by atoms with E-state index in [9.17, 15) is 38.8 Å². The molecule has 0 aliphatic rings. The molecule has 0 aliphatic carbocycles. The second-order valence-electron chi connectivity index (χ2n) is 17.0. The Balaban J connectivity index is 0.000000251. The number of hydrogen-bond acceptors (Lipinski definition) is 33. The molecule has 3 aromatic carbocycles. The van der Waals surface area contributed by atoms with Gasteiger partial charge in [0.2, 0.25) is 15.0 Å². The zero-order valence-corrected chi connectivity index (χ0v) is 57.5. The van der Waals surface area contributed by atoms with Gasteiger partial charge >= 0.3 is 18.1 Å². The number of thioether (sulfide) groups is 2. The largest absolute Gasteiger partial charge is 0.404 e. The molecule has 0 fully saturated rings. The fourth-order valence-electron chi connectivity index (χ4n) is 5.73. The molecule has 0 aliphatic heterocycles. The number of hydrogen-bond donors (Lipinski definition) is 20. The van der Waals surface area contributed by atoms with Gasteiger partial charge < -0.3 is 25.7 Å². The van der Waals surface area contributed by atoms with Crippen LogP contribution >= 0.6 is 131 Å². The maximum Gasteiger partial charge on any atom is 0.345 e. The number of aromatic nitrogens is 15. The summed E-state index contributed by atoms with van der Waals surface area (Å²) in [5, 5.41) is 108. The summed E-state index contributed by atoms with van der Waals surface area (Å²) in [5.41, 5.74) is 7.53. The Morgan fingerprint density at radius 1 is 0.642 bits per heavy atom. The fraction of sp³-hybridized carbons (Fsp3) is 0.182. The molecule has 508 valence electrons. The summed E-state index contributed by atoms with van der Waals surface area (Å²) in [6.07, 6.45) is 1.54. The molecule has 51 heteroatoms. The van der Waals surface area contributed by atoms with Crippen molar-refractivity contribution in [3.8, 4) is 11.4 Å². The number of nitrogens with zero attached hydrogens (tertiary/aromatic N) is 12. The van der Waals surface area contributed by atoms with Crippen molar-refractivity contribution in [2.75, 3.05) is 58.7 Å². The van der Waals surface area contributed by atoms with E-state index in [1.807, 2.05) is 6.07 Å². The number of carbonyl (C=O) groups excluding carboxylic acids is 7. The third-order valence-electron chi connectivity index (χ3n) is 9.84. The number of carbonyl (C=O) groups is 7. The van der Waals surface area contributed by atoms with Crippen LogP contribution in [0.2, 0.25) is 0 Å². The van der Waals surface area contributed by atoms with Gasteiger partial charge in [-0.15, -0.1) is 15.3 Å². The zero-order chi connectivity index (χ0) is 70.1. The molecule has 0 radical (unpaired) electrons. The van der Waals surface area contributed by atoms with E-state index in [1.54, 1.807) is 79.1 Å². The summed E-state index contributed by atoms with van der Waals surface area (Å²) in [4.78, 5) is 78.3. The number of anilines is 5. The molecule has 9 aromatic rings. The Bertz CT molecular complexity index is 4340. The van der Waals surface area contributed by atoms with Crippen LogP contribution in [0.1, 0.15) is 24.2 Å². The van der Waals surface area contributed by atoms with Crippen LogP contribution in [0.4, 0.5) is 41.7 Å². The van der Waals surface area contributed by atoms with E-state index in [-0.39, 0.29) is 50.7 Å². The van der Waals surface area contributed by atoms with Crippen molar-refractivity contribution in [2.45, 2.75) is 29.5 Å². The van der Waals surface area contributed by atoms with Crippen LogP contribution in [-0.2, 0) is 14.4 Å². The molecule has 10 amide bonds. The number of aromatic amines is 6. The summed E-state index contributed by atoms with van der Waals surface area (Å²) >= 11 is 34.9. The second-order valence-corrected chi connectivity index (χ2v) is 25.2. The van der Waals surface area contributed by atoms with E-state index in [0.29, 0.717) is 74.7 Å². The SMILES string of the molecule is CC(C)N(O)C(=O)CNc1n[nH]c(=S)s1.CN(O)C(=O)CSc1n[nH]c(=S)s1.CN(O)C(=O)Nc1cccc(C(=O)Nc2cccc(-n3[nH]nnc3=S)c2)c1.O=C(CSc1n[nH]c(=S)o1)NO.O=C(NO)Nc1cccc(-n2cn[nH]c2=S)c1.O=C(NO)Nc1n[nH]c(=S)s1. The molecule has 6 aromatic heterocycles.